The van der Waals surface area contributed by atoms with Crippen molar-refractivity contribution in [3.05, 3.63) is 40.8 Å². The molecule has 1 aliphatic rings. The van der Waals surface area contributed by atoms with E-state index in [-0.39, 0.29) is 10.8 Å². The van der Waals surface area contributed by atoms with Crippen molar-refractivity contribution >= 4 is 29.5 Å². The number of ether oxygens (including phenoxy) is 2. The summed E-state index contributed by atoms with van der Waals surface area (Å²) in [5, 5.41) is 5.19. The highest BCUT2D eigenvalue weighted by atomic mass is 32.2. The molecule has 0 unspecified atom stereocenters. The van der Waals surface area contributed by atoms with E-state index in [9.17, 15) is 14.4 Å². The van der Waals surface area contributed by atoms with Gasteiger partial charge in [0.2, 0.25) is 0 Å². The van der Waals surface area contributed by atoms with Crippen molar-refractivity contribution in [3.63, 3.8) is 0 Å². The number of carbonyl (C=O) groups is 3. The lowest BCUT2D eigenvalue weighted by molar-refractivity contribution is -0.135. The fourth-order valence-corrected chi connectivity index (χ4v) is 2.59. The molecule has 1 saturated heterocycles. The zero-order chi connectivity index (χ0) is 16.1. The van der Waals surface area contributed by atoms with Gasteiger partial charge in [-0.25, -0.2) is 4.79 Å². The number of esters is 1. The molecule has 0 aromatic heterocycles. The molecule has 0 bridgehead atoms. The number of amides is 2. The van der Waals surface area contributed by atoms with Gasteiger partial charge in [0.1, 0.15) is 5.75 Å². The van der Waals surface area contributed by atoms with E-state index in [1.165, 1.54) is 14.2 Å². The second-order valence-electron chi connectivity index (χ2n) is 4.21. The van der Waals surface area contributed by atoms with Crippen LogP contribution in [0.4, 0.5) is 0 Å². The van der Waals surface area contributed by atoms with E-state index in [4.69, 9.17) is 4.74 Å². The Hall–Kier alpha value is -2.48. The molecule has 2 rings (SSSR count). The zero-order valence-corrected chi connectivity index (χ0v) is 12.7. The predicted octanol–water partition coefficient (Wildman–Crippen LogP) is 0.628. The Balaban J connectivity index is 1.99. The summed E-state index contributed by atoms with van der Waals surface area (Å²) in [5.74, 6) is -0.765. The first-order chi connectivity index (χ1) is 10.5. The van der Waals surface area contributed by atoms with Crippen LogP contribution in [0, 0.1) is 0 Å². The van der Waals surface area contributed by atoms with Gasteiger partial charge in [-0.15, -0.1) is 0 Å². The van der Waals surface area contributed by atoms with Gasteiger partial charge in [-0.1, -0.05) is 11.8 Å². The Kier molecular flexibility index (Phi) is 5.05. The molecule has 2 N–H and O–H groups in total. The zero-order valence-electron chi connectivity index (χ0n) is 11.9. The van der Waals surface area contributed by atoms with Gasteiger partial charge in [0.15, 0.2) is 5.50 Å². The smallest absolute Gasteiger partial charge is 0.331 e. The van der Waals surface area contributed by atoms with E-state index in [0.717, 1.165) is 17.8 Å². The third-order valence-corrected chi connectivity index (χ3v) is 3.82. The summed E-state index contributed by atoms with van der Waals surface area (Å²) in [6, 6.07) is 6.55. The normalized spacial score (nSPS) is 18.7. The van der Waals surface area contributed by atoms with Gasteiger partial charge in [0, 0.05) is 11.6 Å². The molecule has 22 heavy (non-hydrogen) atoms. The maximum Gasteiger partial charge on any atom is 0.331 e. The van der Waals surface area contributed by atoms with Gasteiger partial charge in [-0.05, 0) is 24.3 Å². The van der Waals surface area contributed by atoms with Crippen LogP contribution >= 0.6 is 11.8 Å². The summed E-state index contributed by atoms with van der Waals surface area (Å²) < 4.78 is 9.47. The number of methoxy groups -OCH3 is 2. The van der Waals surface area contributed by atoms with Gasteiger partial charge < -0.3 is 20.1 Å². The van der Waals surface area contributed by atoms with E-state index < -0.39 is 17.4 Å². The van der Waals surface area contributed by atoms with Crippen LogP contribution < -0.4 is 15.4 Å². The molecule has 2 amide bonds. The molecule has 116 valence electrons. The number of hydrogen-bond acceptors (Lipinski definition) is 6. The van der Waals surface area contributed by atoms with Crippen molar-refractivity contribution in [2.24, 2.45) is 0 Å². The highest BCUT2D eigenvalue weighted by molar-refractivity contribution is 8.05. The Labute approximate surface area is 131 Å². The lowest BCUT2D eigenvalue weighted by Crippen LogP contribution is -2.41. The SMILES string of the molecule is COC(=O)/C=C1/S[C@@H](NC(=O)c2ccc(OC)cc2)NC1=O. The van der Waals surface area contributed by atoms with E-state index >= 15 is 0 Å². The van der Waals surface area contributed by atoms with Crippen LogP contribution in [-0.4, -0.2) is 37.5 Å². The molecule has 0 radical (unpaired) electrons. The molecule has 0 saturated carbocycles. The topological polar surface area (TPSA) is 93.7 Å². The van der Waals surface area contributed by atoms with E-state index in [2.05, 4.69) is 15.4 Å². The fraction of sp³-hybridized carbons (Fsp3) is 0.214. The van der Waals surface area contributed by atoms with Crippen molar-refractivity contribution in [1.29, 1.82) is 0 Å². The van der Waals surface area contributed by atoms with Gasteiger partial charge in [0.05, 0.1) is 19.1 Å². The summed E-state index contributed by atoms with van der Waals surface area (Å²) in [4.78, 5) is 35.0. The van der Waals surface area contributed by atoms with Crippen LogP contribution in [0.1, 0.15) is 10.4 Å². The minimum atomic E-state index is -0.641. The Bertz CT molecular complexity index is 627. The Morgan fingerprint density at radius 3 is 2.55 bits per heavy atom. The Morgan fingerprint density at radius 1 is 1.27 bits per heavy atom. The minimum Gasteiger partial charge on any atom is -0.497 e. The van der Waals surface area contributed by atoms with Gasteiger partial charge in [-0.3, -0.25) is 9.59 Å². The fourth-order valence-electron chi connectivity index (χ4n) is 1.68. The maximum atomic E-state index is 12.1. The third kappa shape index (κ3) is 3.79. The first-order valence-electron chi connectivity index (χ1n) is 6.25. The lowest BCUT2D eigenvalue weighted by atomic mass is 10.2. The summed E-state index contributed by atoms with van der Waals surface area (Å²) in [6.45, 7) is 0. The van der Waals surface area contributed by atoms with Crippen LogP contribution in [0.25, 0.3) is 0 Å². The first kappa shape index (κ1) is 15.9. The summed E-state index contributed by atoms with van der Waals surface area (Å²) in [6.07, 6.45) is 1.08. The molecule has 7 nitrogen and oxygen atoms in total. The number of hydrogen-bond donors (Lipinski definition) is 2. The molecular formula is C14H14N2O5S. The predicted molar refractivity (Wildman–Crippen MR) is 80.1 cm³/mol. The Morgan fingerprint density at radius 2 is 1.95 bits per heavy atom. The standard InChI is InChI=1S/C14H14N2O5S/c1-20-9-5-3-8(4-6-9)12(18)15-14-16-13(19)10(22-14)7-11(17)21-2/h3-7,14H,1-2H3,(H,15,18)(H,16,19)/b10-7+/t14-/m0/s1. The quantitative estimate of drug-likeness (QED) is 0.624. The van der Waals surface area contributed by atoms with Crippen LogP contribution in [0.15, 0.2) is 35.2 Å². The highest BCUT2D eigenvalue weighted by Gasteiger charge is 2.29. The number of benzene rings is 1. The molecule has 1 fully saturated rings. The van der Waals surface area contributed by atoms with Crippen molar-refractivity contribution in [1.82, 2.24) is 10.6 Å². The van der Waals surface area contributed by atoms with E-state index in [1.807, 2.05) is 0 Å². The van der Waals surface area contributed by atoms with Crippen molar-refractivity contribution in [2.45, 2.75) is 5.50 Å². The van der Waals surface area contributed by atoms with Crippen LogP contribution in [-0.2, 0) is 14.3 Å². The summed E-state index contributed by atoms with van der Waals surface area (Å²) in [7, 11) is 2.76. The average Bonchev–Trinajstić information content (AvgIpc) is 2.86. The number of nitrogens with one attached hydrogen (secondary N) is 2. The van der Waals surface area contributed by atoms with E-state index in [1.54, 1.807) is 24.3 Å². The molecule has 8 heteroatoms. The van der Waals surface area contributed by atoms with Crippen molar-refractivity contribution < 1.29 is 23.9 Å². The highest BCUT2D eigenvalue weighted by Crippen LogP contribution is 2.26. The summed E-state index contributed by atoms with van der Waals surface area (Å²) >= 11 is 1.04. The molecule has 1 aromatic carbocycles. The number of rotatable bonds is 4. The van der Waals surface area contributed by atoms with Crippen LogP contribution in [0.5, 0.6) is 5.75 Å². The largest absolute Gasteiger partial charge is 0.497 e. The second kappa shape index (κ2) is 6.99. The van der Waals surface area contributed by atoms with Gasteiger partial charge >= 0.3 is 5.97 Å². The molecule has 1 aromatic rings. The molecular weight excluding hydrogens is 308 g/mol. The maximum absolute atomic E-state index is 12.1. The molecule has 1 heterocycles. The monoisotopic (exact) mass is 322 g/mol. The number of thioether (sulfide) groups is 1. The third-order valence-electron chi connectivity index (χ3n) is 2.80. The van der Waals surface area contributed by atoms with Crippen molar-refractivity contribution in [3.8, 4) is 5.75 Å². The van der Waals surface area contributed by atoms with Crippen LogP contribution in [0.2, 0.25) is 0 Å². The van der Waals surface area contributed by atoms with Gasteiger partial charge in [-0.2, -0.15) is 0 Å². The second-order valence-corrected chi connectivity index (χ2v) is 5.35. The minimum absolute atomic E-state index is 0.187. The molecule has 0 aliphatic carbocycles. The van der Waals surface area contributed by atoms with Crippen molar-refractivity contribution in [2.75, 3.05) is 14.2 Å². The lowest BCUT2D eigenvalue weighted by Gasteiger charge is -2.11. The summed E-state index contributed by atoms with van der Waals surface area (Å²) in [5.41, 5.74) is -0.209. The molecule has 0 spiro atoms. The van der Waals surface area contributed by atoms with Gasteiger partial charge in [0.25, 0.3) is 11.8 Å². The first-order valence-corrected chi connectivity index (χ1v) is 7.13. The van der Waals surface area contributed by atoms with E-state index in [0.29, 0.717) is 11.3 Å². The van der Waals surface area contributed by atoms with Crippen LogP contribution in [0.3, 0.4) is 0 Å². The molecule has 1 aliphatic heterocycles. The number of carbonyl (C=O) groups excluding carboxylic acids is 3. The average molecular weight is 322 g/mol. The molecule has 1 atom stereocenters.